The molecular weight excluding hydrogens is 354 g/mol. The Morgan fingerprint density at radius 2 is 2.04 bits per heavy atom. The van der Waals surface area contributed by atoms with Gasteiger partial charge in [-0.15, -0.1) is 0 Å². The highest BCUT2D eigenvalue weighted by Crippen LogP contribution is 2.29. The van der Waals surface area contributed by atoms with Gasteiger partial charge in [-0.2, -0.15) is 14.5 Å². The highest BCUT2D eigenvalue weighted by molar-refractivity contribution is 7.89. The van der Waals surface area contributed by atoms with Crippen LogP contribution in [-0.4, -0.2) is 43.9 Å². The summed E-state index contributed by atoms with van der Waals surface area (Å²) >= 11 is 6.15. The first-order chi connectivity index (χ1) is 11.2. The van der Waals surface area contributed by atoms with Gasteiger partial charge >= 0.3 is 0 Å². The number of sulfonamides is 1. The molecule has 0 saturated carbocycles. The van der Waals surface area contributed by atoms with Crippen LogP contribution in [0, 0.1) is 6.92 Å². The molecule has 132 valence electrons. The molecule has 3 rings (SSSR count). The summed E-state index contributed by atoms with van der Waals surface area (Å²) in [7, 11) is -2.15. The minimum atomic E-state index is -3.77. The Morgan fingerprint density at radius 1 is 1.33 bits per heavy atom. The van der Waals surface area contributed by atoms with E-state index in [1.54, 1.807) is 31.6 Å². The van der Waals surface area contributed by atoms with Crippen LogP contribution in [0.25, 0.3) is 0 Å². The van der Waals surface area contributed by atoms with Gasteiger partial charge in [-0.1, -0.05) is 11.6 Å². The van der Waals surface area contributed by atoms with Gasteiger partial charge in [0.25, 0.3) is 0 Å². The molecule has 0 radical (unpaired) electrons. The Balaban J connectivity index is 1.99. The summed E-state index contributed by atoms with van der Waals surface area (Å²) in [6.07, 6.45) is -0.0612. The van der Waals surface area contributed by atoms with Gasteiger partial charge in [0.2, 0.25) is 10.0 Å². The number of aryl methyl sites for hydroxylation is 3. The van der Waals surface area contributed by atoms with Crippen molar-refractivity contribution in [2.45, 2.75) is 44.4 Å². The molecule has 1 unspecified atom stereocenters. The first-order valence-corrected chi connectivity index (χ1v) is 9.47. The van der Waals surface area contributed by atoms with Crippen molar-refractivity contribution in [1.29, 1.82) is 0 Å². The van der Waals surface area contributed by atoms with Gasteiger partial charge in [-0.05, 0) is 26.3 Å². The van der Waals surface area contributed by atoms with E-state index < -0.39 is 16.1 Å². The Kier molecular flexibility index (Phi) is 4.45. The third-order valence-electron chi connectivity index (χ3n) is 4.12. The standard InChI is InChI=1S/C14H20ClN5O3S/c1-9-13(14(15)18(3)16-9)24(22,23)19-5-4-6-20-11(8-19)7-12(17-20)10(2)21/h7,10,21H,4-6,8H2,1-3H3. The van der Waals surface area contributed by atoms with Gasteiger partial charge < -0.3 is 5.11 Å². The van der Waals surface area contributed by atoms with Crippen LogP contribution in [0.3, 0.4) is 0 Å². The number of nitrogens with zero attached hydrogens (tertiary/aromatic N) is 5. The monoisotopic (exact) mass is 373 g/mol. The number of aliphatic hydroxyl groups is 1. The molecule has 0 aliphatic carbocycles. The normalized spacial score (nSPS) is 17.5. The van der Waals surface area contributed by atoms with E-state index in [2.05, 4.69) is 10.2 Å². The van der Waals surface area contributed by atoms with E-state index in [0.717, 1.165) is 5.69 Å². The van der Waals surface area contributed by atoms with Crippen LogP contribution in [-0.2, 0) is 30.2 Å². The third-order valence-corrected chi connectivity index (χ3v) is 6.67. The summed E-state index contributed by atoms with van der Waals surface area (Å²) < 4.78 is 30.6. The van der Waals surface area contributed by atoms with Crippen LogP contribution in [0.4, 0.5) is 0 Å². The number of hydrogen-bond donors (Lipinski definition) is 1. The summed E-state index contributed by atoms with van der Waals surface area (Å²) in [4.78, 5) is 0.0513. The summed E-state index contributed by atoms with van der Waals surface area (Å²) in [6.45, 7) is 4.43. The molecule has 10 heteroatoms. The first kappa shape index (κ1) is 17.4. The molecule has 0 spiro atoms. The van der Waals surface area contributed by atoms with Gasteiger partial charge in [0.1, 0.15) is 10.0 Å². The molecule has 1 atom stereocenters. The number of aromatic nitrogens is 4. The van der Waals surface area contributed by atoms with Crippen LogP contribution in [0.15, 0.2) is 11.0 Å². The maximum absolute atomic E-state index is 13.1. The second-order valence-electron chi connectivity index (χ2n) is 5.98. The maximum atomic E-state index is 13.1. The van der Waals surface area contributed by atoms with Crippen LogP contribution in [0.2, 0.25) is 5.15 Å². The lowest BCUT2D eigenvalue weighted by atomic mass is 10.2. The van der Waals surface area contributed by atoms with Crippen LogP contribution in [0.1, 0.15) is 36.5 Å². The summed E-state index contributed by atoms with van der Waals surface area (Å²) in [6, 6.07) is 1.75. The van der Waals surface area contributed by atoms with Crippen LogP contribution in [0.5, 0.6) is 0 Å². The summed E-state index contributed by atoms with van der Waals surface area (Å²) in [5, 5.41) is 18.2. The molecule has 24 heavy (non-hydrogen) atoms. The van der Waals surface area contributed by atoms with Crippen LogP contribution >= 0.6 is 11.6 Å². The molecule has 1 aliphatic heterocycles. The van der Waals surface area contributed by atoms with E-state index in [-0.39, 0.29) is 16.6 Å². The molecule has 1 aliphatic rings. The average Bonchev–Trinajstić information content (AvgIpc) is 2.92. The minimum Gasteiger partial charge on any atom is -0.387 e. The number of rotatable bonds is 3. The highest BCUT2D eigenvalue weighted by Gasteiger charge is 2.33. The van der Waals surface area contributed by atoms with Crippen molar-refractivity contribution in [3.8, 4) is 0 Å². The van der Waals surface area contributed by atoms with Crippen molar-refractivity contribution in [3.63, 3.8) is 0 Å². The Labute approximate surface area is 145 Å². The molecule has 0 bridgehead atoms. The summed E-state index contributed by atoms with van der Waals surface area (Å²) in [5.74, 6) is 0. The first-order valence-electron chi connectivity index (χ1n) is 7.65. The highest BCUT2D eigenvalue weighted by atomic mass is 35.5. The molecule has 0 amide bonds. The number of aliphatic hydroxyl groups excluding tert-OH is 1. The Bertz CT molecular complexity index is 871. The predicted molar refractivity (Wildman–Crippen MR) is 88.0 cm³/mol. The van der Waals surface area contributed by atoms with Gasteiger partial charge in [0, 0.05) is 20.1 Å². The molecular formula is C14H20ClN5O3S. The molecule has 0 fully saturated rings. The minimum absolute atomic E-state index is 0.0513. The quantitative estimate of drug-likeness (QED) is 0.873. The molecule has 8 nitrogen and oxygen atoms in total. The van der Waals surface area contributed by atoms with E-state index in [4.69, 9.17) is 11.6 Å². The van der Waals surface area contributed by atoms with Gasteiger partial charge in [0.05, 0.1) is 29.7 Å². The third kappa shape index (κ3) is 2.85. The number of halogens is 1. The second kappa shape index (κ2) is 6.14. The Morgan fingerprint density at radius 3 is 2.62 bits per heavy atom. The van der Waals surface area contributed by atoms with Gasteiger partial charge in [-0.3, -0.25) is 9.36 Å². The smallest absolute Gasteiger partial charge is 0.248 e. The SMILES string of the molecule is Cc1nn(C)c(Cl)c1S(=O)(=O)N1CCCn2nc(C(C)O)cc2C1. The second-order valence-corrected chi connectivity index (χ2v) is 8.21. The fourth-order valence-electron chi connectivity index (χ4n) is 2.90. The van der Waals surface area contributed by atoms with Crippen molar-refractivity contribution < 1.29 is 13.5 Å². The van der Waals surface area contributed by atoms with Gasteiger partial charge in [-0.25, -0.2) is 8.42 Å². The molecule has 1 N–H and O–H groups in total. The van der Waals surface area contributed by atoms with Crippen molar-refractivity contribution in [2.24, 2.45) is 7.05 Å². The number of fused-ring (bicyclic) bond motifs is 1. The largest absolute Gasteiger partial charge is 0.387 e. The van der Waals surface area contributed by atoms with Crippen molar-refractivity contribution in [1.82, 2.24) is 23.9 Å². The van der Waals surface area contributed by atoms with E-state index in [1.165, 1.54) is 8.99 Å². The Hall–Kier alpha value is -1.42. The fraction of sp³-hybridized carbons (Fsp3) is 0.571. The van der Waals surface area contributed by atoms with E-state index >= 15 is 0 Å². The molecule has 2 aromatic heterocycles. The molecule has 3 heterocycles. The zero-order valence-electron chi connectivity index (χ0n) is 13.8. The van der Waals surface area contributed by atoms with E-state index in [9.17, 15) is 13.5 Å². The predicted octanol–water partition coefficient (Wildman–Crippen LogP) is 1.23. The maximum Gasteiger partial charge on any atom is 0.248 e. The topological polar surface area (TPSA) is 93.3 Å². The lowest BCUT2D eigenvalue weighted by Gasteiger charge is -2.19. The average molecular weight is 374 g/mol. The molecule has 0 saturated heterocycles. The lowest BCUT2D eigenvalue weighted by molar-refractivity contribution is 0.193. The zero-order valence-corrected chi connectivity index (χ0v) is 15.3. The van der Waals surface area contributed by atoms with Crippen molar-refractivity contribution in [2.75, 3.05) is 6.54 Å². The van der Waals surface area contributed by atoms with Crippen molar-refractivity contribution in [3.05, 3.63) is 28.3 Å². The molecule has 2 aromatic rings. The number of hydrogen-bond acceptors (Lipinski definition) is 5. The van der Waals surface area contributed by atoms with Crippen molar-refractivity contribution >= 4 is 21.6 Å². The van der Waals surface area contributed by atoms with E-state index in [1.807, 2.05) is 0 Å². The lowest BCUT2D eigenvalue weighted by Crippen LogP contribution is -2.31. The van der Waals surface area contributed by atoms with Crippen LogP contribution < -0.4 is 0 Å². The fourth-order valence-corrected chi connectivity index (χ4v) is 5.05. The van der Waals surface area contributed by atoms with Gasteiger partial charge in [0.15, 0.2) is 0 Å². The molecule has 0 aromatic carbocycles. The zero-order chi connectivity index (χ0) is 17.6. The van der Waals surface area contributed by atoms with E-state index in [0.29, 0.717) is 30.9 Å². The summed E-state index contributed by atoms with van der Waals surface area (Å²) in [5.41, 5.74) is 1.68.